The minimum absolute atomic E-state index is 0.0140. The zero-order chi connectivity index (χ0) is 19.5. The number of rotatable bonds is 3. The molecule has 146 valence electrons. The lowest BCUT2D eigenvalue weighted by Gasteiger charge is -2.55. The maximum Gasteiger partial charge on any atom is 0.416 e. The van der Waals surface area contributed by atoms with Crippen LogP contribution in [0.25, 0.3) is 11.2 Å². The maximum atomic E-state index is 13.3. The van der Waals surface area contributed by atoms with Crippen LogP contribution in [0.15, 0.2) is 30.6 Å². The molecule has 0 bridgehead atoms. The minimum atomic E-state index is -4.43. The van der Waals surface area contributed by atoms with Gasteiger partial charge in [-0.1, -0.05) is 18.2 Å². The Morgan fingerprint density at radius 3 is 2.57 bits per heavy atom. The van der Waals surface area contributed by atoms with E-state index in [2.05, 4.69) is 19.9 Å². The quantitative estimate of drug-likeness (QED) is 0.739. The van der Waals surface area contributed by atoms with E-state index in [4.69, 9.17) is 10.5 Å². The van der Waals surface area contributed by atoms with E-state index < -0.39 is 11.7 Å². The van der Waals surface area contributed by atoms with Crippen molar-refractivity contribution < 1.29 is 17.9 Å². The van der Waals surface area contributed by atoms with Crippen LogP contribution in [0.3, 0.4) is 0 Å². The van der Waals surface area contributed by atoms with Crippen LogP contribution in [0.4, 0.5) is 24.9 Å². The molecule has 0 saturated carbocycles. The molecule has 28 heavy (non-hydrogen) atoms. The van der Waals surface area contributed by atoms with Gasteiger partial charge in [0.25, 0.3) is 0 Å². The van der Waals surface area contributed by atoms with Crippen LogP contribution in [0, 0.1) is 5.41 Å². The molecule has 2 saturated heterocycles. The summed E-state index contributed by atoms with van der Waals surface area (Å²) in [6, 6.07) is 5.48. The van der Waals surface area contributed by atoms with Gasteiger partial charge in [0.05, 0.1) is 37.1 Å². The average Bonchev–Trinajstić information content (AvgIpc) is 2.94. The topological polar surface area (TPSA) is 82.1 Å². The Hall–Kier alpha value is -2.88. The largest absolute Gasteiger partial charge is 0.416 e. The first-order chi connectivity index (χ1) is 13.3. The van der Waals surface area contributed by atoms with Gasteiger partial charge >= 0.3 is 6.18 Å². The number of nitrogen functional groups attached to an aromatic ring is 1. The third-order valence-corrected chi connectivity index (χ3v) is 5.29. The average molecular weight is 390 g/mol. The van der Waals surface area contributed by atoms with Crippen LogP contribution in [0.2, 0.25) is 0 Å². The van der Waals surface area contributed by atoms with Crippen molar-refractivity contribution >= 4 is 22.9 Å². The number of hydrogen-bond donors (Lipinski definition) is 1. The van der Waals surface area contributed by atoms with Gasteiger partial charge in [-0.15, -0.1) is 0 Å². The lowest BCUT2D eigenvalue weighted by molar-refractivity contribution is -0.138. The van der Waals surface area contributed by atoms with E-state index in [0.717, 1.165) is 32.4 Å². The molecule has 0 amide bonds. The van der Waals surface area contributed by atoms with Crippen molar-refractivity contribution in [2.45, 2.75) is 12.7 Å². The molecule has 2 aliphatic rings. The number of halogens is 3. The van der Waals surface area contributed by atoms with E-state index in [1.807, 2.05) is 0 Å². The lowest BCUT2D eigenvalue weighted by Crippen LogP contribution is -2.66. The molecular weight excluding hydrogens is 373 g/mol. The predicted molar refractivity (Wildman–Crippen MR) is 95.7 cm³/mol. The zero-order valence-electron chi connectivity index (χ0n) is 14.8. The first-order valence-electron chi connectivity index (χ1n) is 8.81. The lowest BCUT2D eigenvalue weighted by atomic mass is 9.78. The number of ether oxygens (including phenoxy) is 1. The van der Waals surface area contributed by atoms with Crippen LogP contribution >= 0.6 is 0 Å². The van der Waals surface area contributed by atoms with Gasteiger partial charge in [0.2, 0.25) is 5.95 Å². The number of imidazole rings is 1. The number of fused-ring (bicyclic) bond motifs is 1. The number of hydrogen-bond acceptors (Lipinski definition) is 6. The summed E-state index contributed by atoms with van der Waals surface area (Å²) in [6.07, 6.45) is -2.94. The highest BCUT2D eigenvalue weighted by atomic mass is 19.4. The third kappa shape index (κ3) is 2.67. The third-order valence-electron chi connectivity index (χ3n) is 5.29. The summed E-state index contributed by atoms with van der Waals surface area (Å²) < 4.78 is 46.8. The summed E-state index contributed by atoms with van der Waals surface area (Å²) in [5.41, 5.74) is 6.49. The van der Waals surface area contributed by atoms with Crippen LogP contribution in [0.1, 0.15) is 11.1 Å². The monoisotopic (exact) mass is 390 g/mol. The number of anilines is 2. The van der Waals surface area contributed by atoms with Gasteiger partial charge in [-0.05, 0) is 11.6 Å². The maximum absolute atomic E-state index is 13.3. The smallest absolute Gasteiger partial charge is 0.380 e. The SMILES string of the molecule is Nc1nc(N2CC3(COC3)C2)c2ncn(Cc3ccccc3C(F)(F)F)c2n1. The summed E-state index contributed by atoms with van der Waals surface area (Å²) in [5, 5.41) is 0. The van der Waals surface area contributed by atoms with E-state index in [1.165, 1.54) is 18.5 Å². The van der Waals surface area contributed by atoms with Crippen molar-refractivity contribution in [3.05, 3.63) is 41.7 Å². The minimum Gasteiger partial charge on any atom is -0.380 e. The second-order valence-corrected chi connectivity index (χ2v) is 7.45. The van der Waals surface area contributed by atoms with E-state index in [-0.39, 0.29) is 23.5 Å². The fourth-order valence-corrected chi connectivity index (χ4v) is 3.89. The Balaban J connectivity index is 1.51. The number of benzene rings is 1. The first kappa shape index (κ1) is 17.2. The molecule has 0 aliphatic carbocycles. The van der Waals surface area contributed by atoms with E-state index in [1.54, 1.807) is 10.6 Å². The van der Waals surface area contributed by atoms with Gasteiger partial charge in [-0.3, -0.25) is 0 Å². The number of nitrogens with zero attached hydrogens (tertiary/aromatic N) is 5. The molecule has 5 rings (SSSR count). The molecule has 2 aliphatic heterocycles. The van der Waals surface area contributed by atoms with Gasteiger partial charge in [-0.2, -0.15) is 23.1 Å². The number of aromatic nitrogens is 4. The summed E-state index contributed by atoms with van der Waals surface area (Å²) in [4.78, 5) is 15.0. The second kappa shape index (κ2) is 5.81. The van der Waals surface area contributed by atoms with E-state index in [0.29, 0.717) is 17.0 Å². The number of alkyl halides is 3. The van der Waals surface area contributed by atoms with Crippen molar-refractivity contribution in [2.24, 2.45) is 5.41 Å². The summed E-state index contributed by atoms with van der Waals surface area (Å²) in [6.45, 7) is 3.04. The van der Waals surface area contributed by atoms with Crippen LogP contribution < -0.4 is 10.6 Å². The Morgan fingerprint density at radius 2 is 1.89 bits per heavy atom. The molecule has 2 fully saturated rings. The van der Waals surface area contributed by atoms with Crippen molar-refractivity contribution in [2.75, 3.05) is 36.9 Å². The van der Waals surface area contributed by atoms with Gasteiger partial charge < -0.3 is 19.9 Å². The number of nitrogens with two attached hydrogens (primary N) is 1. The fraction of sp³-hybridized carbons (Fsp3) is 0.389. The van der Waals surface area contributed by atoms with Crippen LogP contribution in [0.5, 0.6) is 0 Å². The highest BCUT2D eigenvalue weighted by molar-refractivity contribution is 5.85. The van der Waals surface area contributed by atoms with Crippen molar-refractivity contribution in [1.29, 1.82) is 0 Å². The van der Waals surface area contributed by atoms with Crippen molar-refractivity contribution in [1.82, 2.24) is 19.5 Å². The molecule has 0 unspecified atom stereocenters. The Bertz CT molecular complexity index is 1050. The molecular formula is C18H17F3N6O. The van der Waals surface area contributed by atoms with E-state index >= 15 is 0 Å². The zero-order valence-corrected chi connectivity index (χ0v) is 14.8. The molecule has 3 aromatic rings. The van der Waals surface area contributed by atoms with Gasteiger partial charge in [0, 0.05) is 13.1 Å². The molecule has 0 atom stereocenters. The molecule has 1 aromatic carbocycles. The molecule has 7 nitrogen and oxygen atoms in total. The first-order valence-corrected chi connectivity index (χ1v) is 8.81. The summed E-state index contributed by atoms with van der Waals surface area (Å²) in [5.74, 6) is 0.682. The van der Waals surface area contributed by atoms with Crippen molar-refractivity contribution in [3.8, 4) is 0 Å². The van der Waals surface area contributed by atoms with Crippen LogP contribution in [-0.4, -0.2) is 45.8 Å². The highest BCUT2D eigenvalue weighted by Gasteiger charge is 2.50. The molecule has 4 heterocycles. The van der Waals surface area contributed by atoms with Crippen molar-refractivity contribution in [3.63, 3.8) is 0 Å². The molecule has 10 heteroatoms. The standard InChI is InChI=1S/C18H17F3N6O/c19-18(20,21)12-4-2-1-3-11(12)5-26-10-23-13-14(26)24-16(22)25-15(13)27-6-17(7-27)8-28-9-17/h1-4,10H,5-9H2,(H2,22,24,25). The highest BCUT2D eigenvalue weighted by Crippen LogP contribution is 2.41. The predicted octanol–water partition coefficient (Wildman–Crippen LogP) is 2.31. The van der Waals surface area contributed by atoms with Gasteiger partial charge in [0.15, 0.2) is 17.0 Å². The summed E-state index contributed by atoms with van der Waals surface area (Å²) >= 11 is 0. The van der Waals surface area contributed by atoms with Gasteiger partial charge in [0.1, 0.15) is 0 Å². The molecule has 0 radical (unpaired) electrons. The Labute approximate surface area is 158 Å². The van der Waals surface area contributed by atoms with Crippen LogP contribution in [-0.2, 0) is 17.5 Å². The second-order valence-electron chi connectivity index (χ2n) is 7.45. The molecule has 2 aromatic heterocycles. The Morgan fingerprint density at radius 1 is 1.14 bits per heavy atom. The van der Waals surface area contributed by atoms with E-state index in [9.17, 15) is 13.2 Å². The summed E-state index contributed by atoms with van der Waals surface area (Å²) in [7, 11) is 0. The van der Waals surface area contributed by atoms with Gasteiger partial charge in [-0.25, -0.2) is 4.98 Å². The fourth-order valence-electron chi connectivity index (χ4n) is 3.89. The normalized spacial score (nSPS) is 18.3. The Kier molecular flexibility index (Phi) is 3.57. The molecule has 2 N–H and O–H groups in total. The molecule has 1 spiro atoms.